The molecule has 3 aromatic rings. The summed E-state index contributed by atoms with van der Waals surface area (Å²) >= 11 is 7.03. The van der Waals surface area contributed by atoms with Gasteiger partial charge in [0.25, 0.3) is 11.6 Å². The van der Waals surface area contributed by atoms with E-state index in [1.807, 2.05) is 0 Å². The monoisotopic (exact) mass is 387 g/mol. The van der Waals surface area contributed by atoms with Crippen molar-refractivity contribution in [2.45, 2.75) is 0 Å². The maximum Gasteiger partial charge on any atom is 0.288 e. The SMILES string of the molecule is O=C(Nc1nccs1)c1ccccc1C(=O)c1ccc(Cl)c([N+](=O)[O-])c1. The molecule has 2 aromatic carbocycles. The predicted molar refractivity (Wildman–Crippen MR) is 98.0 cm³/mol. The van der Waals surface area contributed by atoms with Crippen LogP contribution in [0.3, 0.4) is 0 Å². The molecule has 0 spiro atoms. The highest BCUT2D eigenvalue weighted by molar-refractivity contribution is 7.13. The zero-order valence-corrected chi connectivity index (χ0v) is 14.6. The van der Waals surface area contributed by atoms with Gasteiger partial charge < -0.3 is 0 Å². The fourth-order valence-electron chi connectivity index (χ4n) is 2.28. The van der Waals surface area contributed by atoms with Crippen LogP contribution < -0.4 is 5.32 Å². The van der Waals surface area contributed by atoms with Gasteiger partial charge in [0.05, 0.1) is 10.5 Å². The topological polar surface area (TPSA) is 102 Å². The Hall–Kier alpha value is -3.10. The molecule has 1 heterocycles. The Morgan fingerprint density at radius 1 is 1.15 bits per heavy atom. The number of nitrogens with one attached hydrogen (secondary N) is 1. The molecule has 7 nitrogen and oxygen atoms in total. The highest BCUT2D eigenvalue weighted by Gasteiger charge is 2.21. The second kappa shape index (κ2) is 7.42. The number of anilines is 1. The van der Waals surface area contributed by atoms with Gasteiger partial charge in [-0.25, -0.2) is 4.98 Å². The Balaban J connectivity index is 1.97. The number of carbonyl (C=O) groups excluding carboxylic acids is 2. The number of benzene rings is 2. The largest absolute Gasteiger partial charge is 0.298 e. The van der Waals surface area contributed by atoms with Crippen LogP contribution in [0.25, 0.3) is 0 Å². The minimum absolute atomic E-state index is 0.0654. The minimum Gasteiger partial charge on any atom is -0.298 e. The van der Waals surface area contributed by atoms with Gasteiger partial charge in [-0.2, -0.15) is 0 Å². The molecule has 9 heteroatoms. The van der Waals surface area contributed by atoms with E-state index in [9.17, 15) is 19.7 Å². The maximum atomic E-state index is 12.8. The maximum absolute atomic E-state index is 12.8. The number of ketones is 1. The molecule has 3 rings (SSSR count). The predicted octanol–water partition coefficient (Wildman–Crippen LogP) is 4.19. The molecule has 26 heavy (non-hydrogen) atoms. The number of thiazole rings is 1. The number of nitro benzene ring substituents is 1. The molecule has 0 saturated heterocycles. The third-order valence-electron chi connectivity index (χ3n) is 3.47. The van der Waals surface area contributed by atoms with Gasteiger partial charge in [-0.3, -0.25) is 25.0 Å². The quantitative estimate of drug-likeness (QED) is 0.401. The lowest BCUT2D eigenvalue weighted by Gasteiger charge is -2.08. The first-order valence-corrected chi connectivity index (χ1v) is 8.51. The van der Waals surface area contributed by atoms with Gasteiger partial charge in [0, 0.05) is 28.8 Å². The van der Waals surface area contributed by atoms with Crippen molar-refractivity contribution in [3.05, 3.63) is 85.9 Å². The number of carbonyl (C=O) groups is 2. The lowest BCUT2D eigenvalue weighted by Crippen LogP contribution is -2.16. The lowest BCUT2D eigenvalue weighted by atomic mass is 9.97. The molecule has 0 aliphatic carbocycles. The normalized spacial score (nSPS) is 10.3. The van der Waals surface area contributed by atoms with Crippen molar-refractivity contribution in [1.82, 2.24) is 4.98 Å². The number of amides is 1. The highest BCUT2D eigenvalue weighted by atomic mass is 35.5. The number of nitrogens with zero attached hydrogens (tertiary/aromatic N) is 2. The van der Waals surface area contributed by atoms with Crippen molar-refractivity contribution < 1.29 is 14.5 Å². The first-order chi connectivity index (χ1) is 12.5. The summed E-state index contributed by atoms with van der Waals surface area (Å²) in [4.78, 5) is 39.6. The Kier molecular flexibility index (Phi) is 5.06. The van der Waals surface area contributed by atoms with Crippen molar-refractivity contribution in [2.24, 2.45) is 0 Å². The molecule has 0 radical (unpaired) electrons. The summed E-state index contributed by atoms with van der Waals surface area (Å²) in [7, 11) is 0. The van der Waals surface area contributed by atoms with Gasteiger partial charge in [0.15, 0.2) is 10.9 Å². The van der Waals surface area contributed by atoms with E-state index in [1.54, 1.807) is 23.7 Å². The molecule has 0 fully saturated rings. The van der Waals surface area contributed by atoms with Crippen molar-refractivity contribution in [2.75, 3.05) is 5.32 Å². The van der Waals surface area contributed by atoms with Crippen LogP contribution >= 0.6 is 22.9 Å². The van der Waals surface area contributed by atoms with E-state index in [4.69, 9.17) is 11.6 Å². The van der Waals surface area contributed by atoms with Gasteiger partial charge in [0.1, 0.15) is 5.02 Å². The molecule has 1 aromatic heterocycles. The molecule has 0 aliphatic rings. The van der Waals surface area contributed by atoms with Gasteiger partial charge in [-0.1, -0.05) is 29.8 Å². The van der Waals surface area contributed by atoms with Gasteiger partial charge >= 0.3 is 0 Å². The standard InChI is InChI=1S/C17H10ClN3O4S/c18-13-6-5-10(9-14(13)21(24)25)15(22)11-3-1-2-4-12(11)16(23)20-17-19-7-8-26-17/h1-9H,(H,19,20,23). The summed E-state index contributed by atoms with van der Waals surface area (Å²) in [6.07, 6.45) is 1.55. The molecular weight excluding hydrogens is 378 g/mol. The van der Waals surface area contributed by atoms with Crippen molar-refractivity contribution in [1.29, 1.82) is 0 Å². The Bertz CT molecular complexity index is 1010. The molecule has 1 N–H and O–H groups in total. The lowest BCUT2D eigenvalue weighted by molar-refractivity contribution is -0.384. The van der Waals surface area contributed by atoms with E-state index < -0.39 is 16.6 Å². The Morgan fingerprint density at radius 3 is 2.54 bits per heavy atom. The van der Waals surface area contributed by atoms with E-state index in [0.717, 1.165) is 6.07 Å². The highest BCUT2D eigenvalue weighted by Crippen LogP contribution is 2.27. The van der Waals surface area contributed by atoms with Crippen LogP contribution in [0.1, 0.15) is 26.3 Å². The second-order valence-electron chi connectivity index (χ2n) is 5.09. The fraction of sp³-hybridized carbons (Fsp3) is 0. The molecule has 0 atom stereocenters. The van der Waals surface area contributed by atoms with Crippen molar-refractivity contribution in [3.63, 3.8) is 0 Å². The average Bonchev–Trinajstić information content (AvgIpc) is 3.14. The van der Waals surface area contributed by atoms with E-state index >= 15 is 0 Å². The molecule has 0 saturated carbocycles. The van der Waals surface area contributed by atoms with Crippen molar-refractivity contribution in [3.8, 4) is 0 Å². The molecular formula is C17H10ClN3O4S. The molecule has 0 aliphatic heterocycles. The number of hydrogen-bond donors (Lipinski definition) is 1. The summed E-state index contributed by atoms with van der Waals surface area (Å²) in [6.45, 7) is 0. The van der Waals surface area contributed by atoms with E-state index in [2.05, 4.69) is 10.3 Å². The van der Waals surface area contributed by atoms with Gasteiger partial charge in [0.2, 0.25) is 0 Å². The van der Waals surface area contributed by atoms with E-state index in [0.29, 0.717) is 5.13 Å². The summed E-state index contributed by atoms with van der Waals surface area (Å²) in [6, 6.07) is 9.98. The van der Waals surface area contributed by atoms with Crippen LogP contribution in [0.15, 0.2) is 54.0 Å². The van der Waals surface area contributed by atoms with E-state index in [1.165, 1.54) is 35.6 Å². The average molecular weight is 388 g/mol. The fourth-order valence-corrected chi connectivity index (χ4v) is 2.99. The van der Waals surface area contributed by atoms with Crippen LogP contribution in [-0.2, 0) is 0 Å². The van der Waals surface area contributed by atoms with E-state index in [-0.39, 0.29) is 27.4 Å². The second-order valence-corrected chi connectivity index (χ2v) is 6.39. The minimum atomic E-state index is -0.666. The summed E-state index contributed by atoms with van der Waals surface area (Å²) < 4.78 is 0. The number of nitro groups is 1. The number of rotatable bonds is 5. The summed E-state index contributed by atoms with van der Waals surface area (Å²) in [5.41, 5.74) is -0.0405. The summed E-state index contributed by atoms with van der Waals surface area (Å²) in [5, 5.41) is 15.7. The first kappa shape index (κ1) is 17.7. The zero-order valence-electron chi connectivity index (χ0n) is 13.0. The Labute approximate surface area is 156 Å². The van der Waals surface area contributed by atoms with Crippen molar-refractivity contribution >= 4 is 45.4 Å². The van der Waals surface area contributed by atoms with Crippen LogP contribution in [0.4, 0.5) is 10.8 Å². The molecule has 130 valence electrons. The van der Waals surface area contributed by atoms with Gasteiger partial charge in [-0.15, -0.1) is 11.3 Å². The van der Waals surface area contributed by atoms with Crippen LogP contribution in [0.5, 0.6) is 0 Å². The van der Waals surface area contributed by atoms with Crippen LogP contribution in [0.2, 0.25) is 5.02 Å². The third-order valence-corrected chi connectivity index (χ3v) is 4.48. The molecule has 0 unspecified atom stereocenters. The Morgan fingerprint density at radius 2 is 1.88 bits per heavy atom. The van der Waals surface area contributed by atoms with Crippen LogP contribution in [0, 0.1) is 10.1 Å². The number of aromatic nitrogens is 1. The number of hydrogen-bond acceptors (Lipinski definition) is 6. The molecule has 0 bridgehead atoms. The smallest absolute Gasteiger partial charge is 0.288 e. The number of halogens is 1. The van der Waals surface area contributed by atoms with Gasteiger partial charge in [-0.05, 0) is 18.2 Å². The molecule has 1 amide bonds. The first-order valence-electron chi connectivity index (χ1n) is 7.26. The zero-order chi connectivity index (χ0) is 18.7. The third kappa shape index (κ3) is 3.61. The summed E-state index contributed by atoms with van der Waals surface area (Å²) in [5.74, 6) is -1.01. The van der Waals surface area contributed by atoms with Crippen LogP contribution in [-0.4, -0.2) is 21.6 Å².